The molecule has 1 aromatic rings. The number of hydrogen-bond acceptors (Lipinski definition) is 3. The zero-order chi connectivity index (χ0) is 17.6. The van der Waals surface area contributed by atoms with Crippen molar-refractivity contribution >= 4 is 11.9 Å². The summed E-state index contributed by atoms with van der Waals surface area (Å²) in [5.41, 5.74) is 1.10. The maximum absolute atomic E-state index is 12.8. The lowest BCUT2D eigenvalue weighted by Gasteiger charge is -2.29. The highest BCUT2D eigenvalue weighted by molar-refractivity contribution is 5.80. The van der Waals surface area contributed by atoms with Gasteiger partial charge in [-0.1, -0.05) is 36.8 Å². The van der Waals surface area contributed by atoms with Gasteiger partial charge in [-0.2, -0.15) is 0 Å². The van der Waals surface area contributed by atoms with E-state index in [2.05, 4.69) is 5.32 Å². The van der Waals surface area contributed by atoms with E-state index in [1.165, 1.54) is 0 Å². The lowest BCUT2D eigenvalue weighted by Crippen LogP contribution is -2.38. The summed E-state index contributed by atoms with van der Waals surface area (Å²) in [5, 5.41) is 12.4. The fraction of sp³-hybridized carbons (Fsp3) is 0.600. The molecule has 0 spiro atoms. The normalized spacial score (nSPS) is 27.6. The van der Waals surface area contributed by atoms with Crippen molar-refractivity contribution in [1.29, 1.82) is 0 Å². The lowest BCUT2D eigenvalue weighted by molar-refractivity contribution is -0.144. The van der Waals surface area contributed by atoms with Gasteiger partial charge in [0.2, 0.25) is 5.91 Å². The minimum Gasteiger partial charge on any atom is -0.481 e. The number of amides is 1. The molecule has 1 heterocycles. The first-order valence-corrected chi connectivity index (χ1v) is 9.29. The molecule has 0 radical (unpaired) electrons. The quantitative estimate of drug-likeness (QED) is 0.830. The van der Waals surface area contributed by atoms with Crippen LogP contribution in [-0.2, 0) is 14.3 Å². The van der Waals surface area contributed by atoms with E-state index < -0.39 is 5.97 Å². The average molecular weight is 345 g/mol. The Morgan fingerprint density at radius 1 is 1.16 bits per heavy atom. The third-order valence-corrected chi connectivity index (χ3v) is 5.51. The Balaban J connectivity index is 1.66. The van der Waals surface area contributed by atoms with Gasteiger partial charge in [-0.25, -0.2) is 0 Å². The molecule has 3 rings (SSSR count). The Hall–Kier alpha value is -1.88. The molecule has 0 aromatic heterocycles. The molecule has 2 N–H and O–H groups in total. The first-order chi connectivity index (χ1) is 12.1. The fourth-order valence-electron chi connectivity index (χ4n) is 4.01. The first kappa shape index (κ1) is 17.9. The molecule has 2 aliphatic rings. The van der Waals surface area contributed by atoms with E-state index in [-0.39, 0.29) is 23.8 Å². The molecular formula is C20H27NO4. The minimum atomic E-state index is -0.778. The Morgan fingerprint density at radius 3 is 2.60 bits per heavy atom. The van der Waals surface area contributed by atoms with Crippen LogP contribution in [0.15, 0.2) is 30.3 Å². The third kappa shape index (κ3) is 4.82. The molecule has 2 fully saturated rings. The molecule has 5 heteroatoms. The van der Waals surface area contributed by atoms with Crippen molar-refractivity contribution in [2.45, 2.75) is 44.6 Å². The van der Waals surface area contributed by atoms with Crippen molar-refractivity contribution in [3.8, 4) is 0 Å². The Bertz CT molecular complexity index is 583. The van der Waals surface area contributed by atoms with Crippen LogP contribution >= 0.6 is 0 Å². The molecule has 25 heavy (non-hydrogen) atoms. The minimum absolute atomic E-state index is 0.00119. The summed E-state index contributed by atoms with van der Waals surface area (Å²) in [7, 11) is 0. The number of nitrogens with one attached hydrogen (secondary N) is 1. The molecule has 4 unspecified atom stereocenters. The van der Waals surface area contributed by atoms with Crippen LogP contribution < -0.4 is 5.32 Å². The third-order valence-electron chi connectivity index (χ3n) is 5.51. The van der Waals surface area contributed by atoms with Crippen LogP contribution in [0.2, 0.25) is 0 Å². The highest BCUT2D eigenvalue weighted by atomic mass is 16.5. The van der Waals surface area contributed by atoms with E-state index in [4.69, 9.17) is 4.74 Å². The summed E-state index contributed by atoms with van der Waals surface area (Å²) in [6, 6.07) is 10.00. The van der Waals surface area contributed by atoms with Gasteiger partial charge in [-0.3, -0.25) is 9.59 Å². The molecular weight excluding hydrogens is 318 g/mol. The maximum Gasteiger partial charge on any atom is 0.306 e. The lowest BCUT2D eigenvalue weighted by atomic mass is 9.80. The first-order valence-electron chi connectivity index (χ1n) is 9.29. The number of carboxylic acid groups (broad SMARTS) is 1. The van der Waals surface area contributed by atoms with E-state index in [9.17, 15) is 14.7 Å². The van der Waals surface area contributed by atoms with Crippen molar-refractivity contribution in [3.63, 3.8) is 0 Å². The van der Waals surface area contributed by atoms with E-state index in [1.807, 2.05) is 30.3 Å². The monoisotopic (exact) mass is 345 g/mol. The number of aliphatic carboxylic acids is 1. The topological polar surface area (TPSA) is 75.6 Å². The van der Waals surface area contributed by atoms with Crippen molar-refractivity contribution < 1.29 is 19.4 Å². The van der Waals surface area contributed by atoms with Crippen LogP contribution in [0.1, 0.15) is 50.1 Å². The Morgan fingerprint density at radius 2 is 1.92 bits per heavy atom. The zero-order valence-corrected chi connectivity index (χ0v) is 14.5. The molecule has 1 aromatic carbocycles. The second-order valence-corrected chi connectivity index (χ2v) is 7.34. The average Bonchev–Trinajstić information content (AvgIpc) is 3.15. The van der Waals surface area contributed by atoms with E-state index in [0.717, 1.165) is 44.5 Å². The standard InChI is InChI=1S/C20H27NO4/c22-19(16-7-4-8-17(12-16)20(23)24)21-18(11-14-9-10-25-13-14)15-5-2-1-3-6-15/h1-3,5-6,14,16-18H,4,7-13H2,(H,21,22)(H,23,24). The molecule has 1 saturated heterocycles. The molecule has 4 atom stereocenters. The molecule has 1 aliphatic carbocycles. The second-order valence-electron chi connectivity index (χ2n) is 7.34. The molecule has 5 nitrogen and oxygen atoms in total. The van der Waals surface area contributed by atoms with E-state index >= 15 is 0 Å². The number of carbonyl (C=O) groups excluding carboxylic acids is 1. The van der Waals surface area contributed by atoms with Crippen LogP contribution in [0.25, 0.3) is 0 Å². The number of hydrogen-bond donors (Lipinski definition) is 2. The van der Waals surface area contributed by atoms with Crippen LogP contribution in [0.4, 0.5) is 0 Å². The van der Waals surface area contributed by atoms with Crippen molar-refractivity contribution in [1.82, 2.24) is 5.32 Å². The SMILES string of the molecule is O=C(O)C1CCCC(C(=O)NC(CC2CCOC2)c2ccccc2)C1. The Labute approximate surface area is 148 Å². The van der Waals surface area contributed by atoms with Crippen LogP contribution in [0, 0.1) is 17.8 Å². The number of carbonyl (C=O) groups is 2. The van der Waals surface area contributed by atoms with Crippen molar-refractivity contribution in [3.05, 3.63) is 35.9 Å². The number of carboxylic acids is 1. The van der Waals surface area contributed by atoms with E-state index in [1.54, 1.807) is 0 Å². The van der Waals surface area contributed by atoms with Gasteiger partial charge in [-0.05, 0) is 43.6 Å². The van der Waals surface area contributed by atoms with Gasteiger partial charge in [-0.15, -0.1) is 0 Å². The van der Waals surface area contributed by atoms with Gasteiger partial charge in [0.1, 0.15) is 0 Å². The summed E-state index contributed by atoms with van der Waals surface area (Å²) in [6.45, 7) is 1.55. The highest BCUT2D eigenvalue weighted by Crippen LogP contribution is 2.31. The predicted octanol–water partition coefficient (Wildman–Crippen LogP) is 3.16. The van der Waals surface area contributed by atoms with Crippen LogP contribution in [0.5, 0.6) is 0 Å². The second kappa shape index (κ2) is 8.48. The smallest absolute Gasteiger partial charge is 0.306 e. The molecule has 136 valence electrons. The molecule has 0 bridgehead atoms. The fourth-order valence-corrected chi connectivity index (χ4v) is 4.01. The molecule has 1 saturated carbocycles. The van der Waals surface area contributed by atoms with Gasteiger partial charge >= 0.3 is 5.97 Å². The van der Waals surface area contributed by atoms with Crippen LogP contribution in [-0.4, -0.2) is 30.2 Å². The summed E-state index contributed by atoms with van der Waals surface area (Å²) in [4.78, 5) is 24.0. The summed E-state index contributed by atoms with van der Waals surface area (Å²) < 4.78 is 5.48. The number of rotatable bonds is 6. The summed E-state index contributed by atoms with van der Waals surface area (Å²) >= 11 is 0. The predicted molar refractivity (Wildman–Crippen MR) is 94.0 cm³/mol. The largest absolute Gasteiger partial charge is 0.481 e. The highest BCUT2D eigenvalue weighted by Gasteiger charge is 2.32. The number of benzene rings is 1. The zero-order valence-electron chi connectivity index (χ0n) is 14.5. The van der Waals surface area contributed by atoms with Crippen molar-refractivity contribution in [2.75, 3.05) is 13.2 Å². The maximum atomic E-state index is 12.8. The summed E-state index contributed by atoms with van der Waals surface area (Å²) in [5.74, 6) is -0.897. The molecule has 1 amide bonds. The van der Waals surface area contributed by atoms with Gasteiger partial charge in [0.25, 0.3) is 0 Å². The van der Waals surface area contributed by atoms with Gasteiger partial charge in [0, 0.05) is 19.1 Å². The van der Waals surface area contributed by atoms with Gasteiger partial charge in [0.05, 0.1) is 12.0 Å². The van der Waals surface area contributed by atoms with Gasteiger partial charge < -0.3 is 15.2 Å². The Kier molecular flexibility index (Phi) is 6.08. The summed E-state index contributed by atoms with van der Waals surface area (Å²) in [6.07, 6.45) is 4.62. The molecule has 1 aliphatic heterocycles. The van der Waals surface area contributed by atoms with Crippen LogP contribution in [0.3, 0.4) is 0 Å². The van der Waals surface area contributed by atoms with Gasteiger partial charge in [0.15, 0.2) is 0 Å². The number of ether oxygens (including phenoxy) is 1. The van der Waals surface area contributed by atoms with E-state index in [0.29, 0.717) is 18.8 Å². The van der Waals surface area contributed by atoms with Crippen molar-refractivity contribution in [2.24, 2.45) is 17.8 Å².